The molecule has 0 fully saturated rings. The van der Waals surface area contributed by atoms with Crippen LogP contribution in [0, 0.1) is 13.8 Å². The van der Waals surface area contributed by atoms with Gasteiger partial charge in [-0.1, -0.05) is 0 Å². The van der Waals surface area contributed by atoms with E-state index in [9.17, 15) is 14.7 Å². The molecule has 140 valence electrons. The van der Waals surface area contributed by atoms with Crippen molar-refractivity contribution in [1.29, 1.82) is 0 Å². The van der Waals surface area contributed by atoms with Crippen molar-refractivity contribution < 1.29 is 28.9 Å². The summed E-state index contributed by atoms with van der Waals surface area (Å²) in [5.41, 5.74) is 2.43. The number of hydrogen-bond donors (Lipinski definition) is 2. The number of methoxy groups -OCH3 is 2. The maximum absolute atomic E-state index is 12.4. The number of H-pyrrole nitrogens is 1. The molecule has 7 heteroatoms. The number of carbonyl (C=O) groups is 2. The largest absolute Gasteiger partial charge is 0.497 e. The highest BCUT2D eigenvalue weighted by atomic mass is 16.5. The number of aryl methyl sites for hydroxylation is 1. The second kappa shape index (κ2) is 8.05. The zero-order valence-corrected chi connectivity index (χ0v) is 15.5. The molecule has 0 unspecified atom stereocenters. The minimum absolute atomic E-state index is 0.226. The van der Waals surface area contributed by atoms with Crippen molar-refractivity contribution in [2.75, 3.05) is 20.8 Å². The van der Waals surface area contributed by atoms with E-state index in [1.54, 1.807) is 32.9 Å². The Labute approximate surface area is 151 Å². The number of carbonyl (C=O) groups excluding carboxylic acids is 2. The summed E-state index contributed by atoms with van der Waals surface area (Å²) in [4.78, 5) is 27.7. The lowest BCUT2D eigenvalue weighted by molar-refractivity contribution is 0.0467. The first kappa shape index (κ1) is 19.5. The molecule has 2 aromatic rings. The number of aromatic nitrogens is 1. The molecule has 0 aliphatic rings. The van der Waals surface area contributed by atoms with Crippen LogP contribution in [-0.4, -0.2) is 42.7 Å². The second-order valence-corrected chi connectivity index (χ2v) is 5.91. The third-order valence-corrected chi connectivity index (χ3v) is 4.16. The van der Waals surface area contributed by atoms with Crippen LogP contribution in [0.15, 0.2) is 18.2 Å². The molecule has 0 saturated heterocycles. The lowest BCUT2D eigenvalue weighted by atomic mass is 10.1. The Morgan fingerprint density at radius 1 is 1.19 bits per heavy atom. The fourth-order valence-corrected chi connectivity index (χ4v) is 2.91. The average molecular weight is 361 g/mol. The molecule has 1 aromatic heterocycles. The molecule has 0 aliphatic carbocycles. The molecule has 1 atom stereocenters. The predicted octanol–water partition coefficient (Wildman–Crippen LogP) is 2.74. The number of hydrogen-bond acceptors (Lipinski definition) is 6. The van der Waals surface area contributed by atoms with Crippen LogP contribution in [0.2, 0.25) is 0 Å². The zero-order valence-electron chi connectivity index (χ0n) is 15.5. The Bertz CT molecular complexity index is 822. The first-order chi connectivity index (χ1) is 12.3. The molecule has 2 N–H and O–H groups in total. The molecule has 0 saturated carbocycles. The number of esters is 1. The van der Waals surface area contributed by atoms with Crippen LogP contribution in [0.4, 0.5) is 0 Å². The van der Waals surface area contributed by atoms with Gasteiger partial charge in [-0.05, 0) is 44.5 Å². The molecule has 1 heterocycles. The summed E-state index contributed by atoms with van der Waals surface area (Å²) in [5.74, 6) is -0.202. The number of benzene rings is 1. The zero-order chi connectivity index (χ0) is 19.4. The Balaban J connectivity index is 2.15. The number of rotatable bonds is 7. The summed E-state index contributed by atoms with van der Waals surface area (Å²) in [6.07, 6.45) is -0.713. The number of nitrogens with one attached hydrogen (secondary N) is 1. The van der Waals surface area contributed by atoms with E-state index >= 15 is 0 Å². The molecular formula is C19H23NO6. The SMILES string of the molecule is COc1ccc(OC)c(C(=O)COC(=O)c2[nH]c(C)c([C@H](C)O)c2C)c1. The van der Waals surface area contributed by atoms with Crippen LogP contribution in [0.1, 0.15) is 50.7 Å². The van der Waals surface area contributed by atoms with Gasteiger partial charge in [0.2, 0.25) is 5.78 Å². The molecule has 2 rings (SSSR count). The highest BCUT2D eigenvalue weighted by molar-refractivity contribution is 6.01. The molecule has 0 bridgehead atoms. The van der Waals surface area contributed by atoms with E-state index < -0.39 is 24.5 Å². The second-order valence-electron chi connectivity index (χ2n) is 5.91. The van der Waals surface area contributed by atoms with Crippen LogP contribution in [0.25, 0.3) is 0 Å². The quantitative estimate of drug-likeness (QED) is 0.581. The van der Waals surface area contributed by atoms with Gasteiger partial charge in [0, 0.05) is 11.3 Å². The lowest BCUT2D eigenvalue weighted by Gasteiger charge is -2.10. The molecule has 7 nitrogen and oxygen atoms in total. The van der Waals surface area contributed by atoms with Crippen LogP contribution in [0.3, 0.4) is 0 Å². The Hall–Kier alpha value is -2.80. The van der Waals surface area contributed by atoms with E-state index in [1.807, 2.05) is 0 Å². The fraction of sp³-hybridized carbons (Fsp3) is 0.368. The molecule has 26 heavy (non-hydrogen) atoms. The monoisotopic (exact) mass is 361 g/mol. The first-order valence-electron chi connectivity index (χ1n) is 8.09. The number of aromatic amines is 1. The third-order valence-electron chi connectivity index (χ3n) is 4.16. The van der Waals surface area contributed by atoms with Gasteiger partial charge >= 0.3 is 5.97 Å². The van der Waals surface area contributed by atoms with Crippen LogP contribution in [-0.2, 0) is 4.74 Å². The number of aliphatic hydroxyl groups excluding tert-OH is 1. The summed E-state index contributed by atoms with van der Waals surface area (Å²) < 4.78 is 15.4. The normalized spacial score (nSPS) is 11.8. The van der Waals surface area contributed by atoms with Crippen LogP contribution >= 0.6 is 0 Å². The van der Waals surface area contributed by atoms with Gasteiger partial charge < -0.3 is 24.3 Å². The minimum Gasteiger partial charge on any atom is -0.497 e. The van der Waals surface area contributed by atoms with Gasteiger partial charge in [0.15, 0.2) is 6.61 Å². The van der Waals surface area contributed by atoms with E-state index in [0.29, 0.717) is 28.3 Å². The van der Waals surface area contributed by atoms with Gasteiger partial charge in [0.1, 0.15) is 17.2 Å². The van der Waals surface area contributed by atoms with E-state index in [4.69, 9.17) is 14.2 Å². The molecular weight excluding hydrogens is 338 g/mol. The molecule has 0 spiro atoms. The van der Waals surface area contributed by atoms with E-state index in [-0.39, 0.29) is 11.3 Å². The van der Waals surface area contributed by atoms with Gasteiger partial charge in [-0.2, -0.15) is 0 Å². The van der Waals surface area contributed by atoms with E-state index in [1.165, 1.54) is 20.3 Å². The standard InChI is InChI=1S/C19H23NO6/c1-10-17(12(3)21)11(2)20-18(10)19(23)26-9-15(22)14-8-13(24-4)6-7-16(14)25-5/h6-8,12,20-21H,9H2,1-5H3/t12-/m0/s1. The number of aliphatic hydroxyl groups is 1. The van der Waals surface area contributed by atoms with Gasteiger partial charge in [0.05, 0.1) is 25.9 Å². The summed E-state index contributed by atoms with van der Waals surface area (Å²) in [6.45, 7) is 4.66. The van der Waals surface area contributed by atoms with Crippen molar-refractivity contribution in [3.8, 4) is 11.5 Å². The topological polar surface area (TPSA) is 97.9 Å². The summed E-state index contributed by atoms with van der Waals surface area (Å²) >= 11 is 0. The molecule has 0 radical (unpaired) electrons. The molecule has 0 aliphatic heterocycles. The van der Waals surface area contributed by atoms with Crippen LogP contribution in [0.5, 0.6) is 11.5 Å². The van der Waals surface area contributed by atoms with Gasteiger partial charge in [-0.25, -0.2) is 4.79 Å². The van der Waals surface area contributed by atoms with E-state index in [2.05, 4.69) is 4.98 Å². The highest BCUT2D eigenvalue weighted by Gasteiger charge is 2.22. The van der Waals surface area contributed by atoms with E-state index in [0.717, 1.165) is 0 Å². The fourth-order valence-electron chi connectivity index (χ4n) is 2.91. The first-order valence-corrected chi connectivity index (χ1v) is 8.09. The summed E-state index contributed by atoms with van der Waals surface area (Å²) in [5, 5.41) is 9.80. The number of Topliss-reactive ketones (excluding diaryl/α,β-unsaturated/α-hetero) is 1. The summed E-state index contributed by atoms with van der Waals surface area (Å²) in [7, 11) is 2.94. The van der Waals surface area contributed by atoms with Gasteiger partial charge in [-0.3, -0.25) is 4.79 Å². The van der Waals surface area contributed by atoms with Gasteiger partial charge in [0.25, 0.3) is 0 Å². The van der Waals surface area contributed by atoms with Crippen molar-refractivity contribution in [3.63, 3.8) is 0 Å². The minimum atomic E-state index is -0.713. The van der Waals surface area contributed by atoms with Crippen molar-refractivity contribution in [2.45, 2.75) is 26.9 Å². The van der Waals surface area contributed by atoms with Crippen molar-refractivity contribution >= 4 is 11.8 Å². The third kappa shape index (κ3) is 3.88. The summed E-state index contributed by atoms with van der Waals surface area (Å²) in [6, 6.07) is 4.82. The Morgan fingerprint density at radius 2 is 1.88 bits per heavy atom. The van der Waals surface area contributed by atoms with Crippen molar-refractivity contribution in [1.82, 2.24) is 4.98 Å². The molecule has 0 amide bonds. The number of ether oxygens (including phenoxy) is 3. The Kier molecular flexibility index (Phi) is 6.05. The average Bonchev–Trinajstić information content (AvgIpc) is 2.93. The number of ketones is 1. The van der Waals surface area contributed by atoms with Gasteiger partial charge in [-0.15, -0.1) is 0 Å². The predicted molar refractivity (Wildman–Crippen MR) is 95.1 cm³/mol. The van der Waals surface area contributed by atoms with Crippen LogP contribution < -0.4 is 9.47 Å². The smallest absolute Gasteiger partial charge is 0.355 e. The lowest BCUT2D eigenvalue weighted by Crippen LogP contribution is -2.16. The maximum atomic E-state index is 12.4. The van der Waals surface area contributed by atoms with Crippen molar-refractivity contribution in [3.05, 3.63) is 46.3 Å². The Morgan fingerprint density at radius 3 is 2.42 bits per heavy atom. The molecule has 1 aromatic carbocycles. The highest BCUT2D eigenvalue weighted by Crippen LogP contribution is 2.26. The van der Waals surface area contributed by atoms with Crippen molar-refractivity contribution in [2.24, 2.45) is 0 Å². The maximum Gasteiger partial charge on any atom is 0.355 e.